The quantitative estimate of drug-likeness (QED) is 0.185. The van der Waals surface area contributed by atoms with Gasteiger partial charge in [0.05, 0.1) is 11.0 Å². The molecule has 0 radical (unpaired) electrons. The molecule has 6 nitrogen and oxygen atoms in total. The summed E-state index contributed by atoms with van der Waals surface area (Å²) in [6.07, 6.45) is -0.472. The number of aromatic nitrogens is 1. The molecular weight excluding hydrogens is 701 g/mol. The van der Waals surface area contributed by atoms with Crippen molar-refractivity contribution in [2.45, 2.75) is 12.3 Å². The van der Waals surface area contributed by atoms with E-state index in [1.807, 2.05) is 12.1 Å². The SMILES string of the molecule is c1ccc(C2=NC(c3cccc4oc5ccc(-c6cccc7oc8cc(-n9c%10ccccc%10c%10ccccc%109)ccc8c67)cc5c34)NC(c3ccccc3)N2)cc1. The summed E-state index contributed by atoms with van der Waals surface area (Å²) in [7, 11) is 0. The lowest BCUT2D eigenvalue weighted by molar-refractivity contribution is 0.410. The monoisotopic (exact) mass is 734 g/mol. The molecule has 0 fully saturated rings. The molecule has 0 bridgehead atoms. The molecule has 12 rings (SSSR count). The van der Waals surface area contributed by atoms with Crippen molar-refractivity contribution in [3.8, 4) is 16.8 Å². The molecule has 6 heteroatoms. The highest BCUT2D eigenvalue weighted by atomic mass is 16.3. The molecule has 270 valence electrons. The van der Waals surface area contributed by atoms with E-state index in [-0.39, 0.29) is 12.3 Å². The lowest BCUT2D eigenvalue weighted by Crippen LogP contribution is -2.44. The summed E-state index contributed by atoms with van der Waals surface area (Å²) in [5.74, 6) is 0.846. The lowest BCUT2D eigenvalue weighted by atomic mass is 9.96. The summed E-state index contributed by atoms with van der Waals surface area (Å²) in [6.45, 7) is 0. The van der Waals surface area contributed by atoms with Crippen LogP contribution in [0.3, 0.4) is 0 Å². The zero-order valence-corrected chi connectivity index (χ0v) is 30.7. The Hall–Kier alpha value is -7.41. The van der Waals surface area contributed by atoms with Gasteiger partial charge in [0.1, 0.15) is 40.5 Å². The Morgan fingerprint density at radius 1 is 0.474 bits per heavy atom. The van der Waals surface area contributed by atoms with Gasteiger partial charge in [-0.2, -0.15) is 0 Å². The van der Waals surface area contributed by atoms with Crippen LogP contribution in [0.25, 0.3) is 82.5 Å². The molecule has 0 spiro atoms. The van der Waals surface area contributed by atoms with Crippen molar-refractivity contribution >= 4 is 71.5 Å². The normalized spacial score (nSPS) is 15.9. The van der Waals surface area contributed by atoms with Crippen molar-refractivity contribution in [2.24, 2.45) is 4.99 Å². The fourth-order valence-corrected chi connectivity index (χ4v) is 8.92. The minimum atomic E-state index is -0.329. The van der Waals surface area contributed by atoms with Crippen LogP contribution in [0.5, 0.6) is 0 Å². The number of hydrogen-bond acceptors (Lipinski definition) is 5. The highest BCUT2D eigenvalue weighted by molar-refractivity contribution is 6.15. The number of benzene rings is 8. The zero-order chi connectivity index (χ0) is 37.5. The molecule has 3 aromatic heterocycles. The van der Waals surface area contributed by atoms with Crippen molar-refractivity contribution in [1.29, 1.82) is 0 Å². The van der Waals surface area contributed by atoms with Crippen LogP contribution in [0.15, 0.2) is 196 Å². The van der Waals surface area contributed by atoms with Crippen LogP contribution in [0, 0.1) is 0 Å². The lowest BCUT2D eigenvalue weighted by Gasteiger charge is -2.32. The molecule has 2 unspecified atom stereocenters. The summed E-state index contributed by atoms with van der Waals surface area (Å²) >= 11 is 0. The van der Waals surface area contributed by atoms with Crippen LogP contribution < -0.4 is 10.6 Å². The van der Waals surface area contributed by atoms with E-state index in [9.17, 15) is 0 Å². The van der Waals surface area contributed by atoms with Crippen molar-refractivity contribution in [3.05, 3.63) is 199 Å². The van der Waals surface area contributed by atoms with Crippen LogP contribution in [0.4, 0.5) is 0 Å². The van der Waals surface area contributed by atoms with Gasteiger partial charge in [0.25, 0.3) is 0 Å². The summed E-state index contributed by atoms with van der Waals surface area (Å²) < 4.78 is 15.5. The van der Waals surface area contributed by atoms with E-state index in [4.69, 9.17) is 13.8 Å². The third kappa shape index (κ3) is 5.04. The second kappa shape index (κ2) is 12.6. The van der Waals surface area contributed by atoms with Gasteiger partial charge in [0.2, 0.25) is 0 Å². The maximum absolute atomic E-state index is 6.65. The predicted octanol–water partition coefficient (Wildman–Crippen LogP) is 12.6. The zero-order valence-electron chi connectivity index (χ0n) is 30.7. The molecule has 0 saturated carbocycles. The molecule has 2 atom stereocenters. The summed E-state index contributed by atoms with van der Waals surface area (Å²) in [4.78, 5) is 5.28. The predicted molar refractivity (Wildman–Crippen MR) is 232 cm³/mol. The Morgan fingerprint density at radius 3 is 1.95 bits per heavy atom. The Morgan fingerprint density at radius 2 is 1.16 bits per heavy atom. The molecule has 4 heterocycles. The number of fused-ring (bicyclic) bond motifs is 9. The second-order valence-electron chi connectivity index (χ2n) is 14.8. The third-order valence-corrected chi connectivity index (χ3v) is 11.5. The first-order chi connectivity index (χ1) is 28.2. The Bertz CT molecular complexity index is 3320. The van der Waals surface area contributed by atoms with Gasteiger partial charge in [-0.3, -0.25) is 5.32 Å². The fraction of sp³-hybridized carbons (Fsp3) is 0.0392. The average Bonchev–Trinajstić information content (AvgIpc) is 3.96. The van der Waals surface area contributed by atoms with Gasteiger partial charge < -0.3 is 18.7 Å². The average molecular weight is 735 g/mol. The number of amidine groups is 1. The highest BCUT2D eigenvalue weighted by Crippen LogP contribution is 2.42. The minimum Gasteiger partial charge on any atom is -0.456 e. The van der Waals surface area contributed by atoms with Crippen molar-refractivity contribution in [3.63, 3.8) is 0 Å². The van der Waals surface area contributed by atoms with Gasteiger partial charge in [-0.05, 0) is 65.2 Å². The maximum atomic E-state index is 6.65. The van der Waals surface area contributed by atoms with E-state index < -0.39 is 0 Å². The highest BCUT2D eigenvalue weighted by Gasteiger charge is 2.28. The number of furan rings is 2. The van der Waals surface area contributed by atoms with E-state index in [2.05, 4.69) is 185 Å². The molecule has 1 aliphatic rings. The van der Waals surface area contributed by atoms with E-state index >= 15 is 0 Å². The second-order valence-corrected chi connectivity index (χ2v) is 14.8. The number of aliphatic imine (C=N–C) groups is 1. The Balaban J connectivity index is 1.00. The number of rotatable bonds is 5. The Kier molecular flexibility index (Phi) is 7.03. The van der Waals surface area contributed by atoms with Gasteiger partial charge in [0.15, 0.2) is 0 Å². The van der Waals surface area contributed by atoms with E-state index in [0.29, 0.717) is 0 Å². The molecule has 8 aromatic carbocycles. The molecule has 0 amide bonds. The topological polar surface area (TPSA) is 67.6 Å². The number of para-hydroxylation sites is 2. The largest absolute Gasteiger partial charge is 0.456 e. The van der Waals surface area contributed by atoms with Gasteiger partial charge in [0, 0.05) is 55.2 Å². The summed E-state index contributed by atoms with van der Waals surface area (Å²) in [6, 6.07) is 63.7. The van der Waals surface area contributed by atoms with Gasteiger partial charge in [-0.1, -0.05) is 127 Å². The first-order valence-corrected chi connectivity index (χ1v) is 19.4. The third-order valence-electron chi connectivity index (χ3n) is 11.5. The van der Waals surface area contributed by atoms with Crippen molar-refractivity contribution in [1.82, 2.24) is 15.2 Å². The van der Waals surface area contributed by atoms with Gasteiger partial charge >= 0.3 is 0 Å². The molecule has 2 N–H and O–H groups in total. The van der Waals surface area contributed by atoms with E-state index in [0.717, 1.165) is 83.2 Å². The summed E-state index contributed by atoms with van der Waals surface area (Å²) in [5.41, 5.74) is 12.2. The first kappa shape index (κ1) is 31.9. The van der Waals surface area contributed by atoms with Gasteiger partial charge in [-0.25, -0.2) is 4.99 Å². The van der Waals surface area contributed by atoms with Crippen LogP contribution >= 0.6 is 0 Å². The molecule has 0 saturated heterocycles. The van der Waals surface area contributed by atoms with E-state index in [1.54, 1.807) is 0 Å². The first-order valence-electron chi connectivity index (χ1n) is 19.4. The summed E-state index contributed by atoms with van der Waals surface area (Å²) in [5, 5.41) is 14.2. The number of hydrogen-bond donors (Lipinski definition) is 2. The standard InChI is InChI=1S/C51H34N4O2/c1-3-13-31(14-4-1)49-52-50(32-15-5-2-6-16-32)54-51(53-49)39-20-12-24-45-48(39)40-29-33(25-28-43(40)56-45)35-19-11-23-44-47(35)38-27-26-34(30-46(38)57-44)55-41-21-9-7-17-36(41)37-18-8-10-22-42(37)55/h1-30,49,51,53H,(H,52,54). The molecule has 57 heavy (non-hydrogen) atoms. The molecule has 0 aliphatic carbocycles. The smallest absolute Gasteiger partial charge is 0.137 e. The molecule has 1 aliphatic heterocycles. The molecule has 11 aromatic rings. The van der Waals surface area contributed by atoms with Crippen LogP contribution in [0.1, 0.15) is 29.0 Å². The fourth-order valence-electron chi connectivity index (χ4n) is 8.92. The molecular formula is C51H34N4O2. The Labute approximate surface area is 327 Å². The van der Waals surface area contributed by atoms with E-state index in [1.165, 1.54) is 21.8 Å². The van der Waals surface area contributed by atoms with Crippen molar-refractivity contribution in [2.75, 3.05) is 0 Å². The van der Waals surface area contributed by atoms with Crippen molar-refractivity contribution < 1.29 is 8.83 Å². The van der Waals surface area contributed by atoms with Crippen LogP contribution in [-0.4, -0.2) is 10.4 Å². The van der Waals surface area contributed by atoms with Crippen LogP contribution in [-0.2, 0) is 0 Å². The van der Waals surface area contributed by atoms with Gasteiger partial charge in [-0.15, -0.1) is 0 Å². The minimum absolute atomic E-state index is 0.143. The maximum Gasteiger partial charge on any atom is 0.137 e. The van der Waals surface area contributed by atoms with Crippen LogP contribution in [0.2, 0.25) is 0 Å². The number of nitrogens with one attached hydrogen (secondary N) is 2. The number of nitrogens with zero attached hydrogens (tertiary/aromatic N) is 2.